The first-order chi connectivity index (χ1) is 14.2. The molecule has 3 heterocycles. The average Bonchev–Trinajstić information content (AvgIpc) is 3.37. The Labute approximate surface area is 175 Å². The molecule has 1 aromatic carbocycles. The fourth-order valence-electron chi connectivity index (χ4n) is 3.64. The highest BCUT2D eigenvalue weighted by atomic mass is 32.1. The number of rotatable bonds is 6. The molecular weight excluding hydrogens is 384 g/mol. The Bertz CT molecular complexity index is 938. The Morgan fingerprint density at radius 1 is 1.14 bits per heavy atom. The van der Waals surface area contributed by atoms with Crippen LogP contribution in [0.5, 0.6) is 0 Å². The van der Waals surface area contributed by atoms with Gasteiger partial charge in [-0.25, -0.2) is 0 Å². The second-order valence-electron chi connectivity index (χ2n) is 7.43. The number of nitrogens with zero attached hydrogens (tertiary/aromatic N) is 4. The monoisotopic (exact) mass is 410 g/mol. The van der Waals surface area contributed by atoms with Crippen molar-refractivity contribution < 1.29 is 9.32 Å². The lowest BCUT2D eigenvalue weighted by Gasteiger charge is -2.22. The van der Waals surface area contributed by atoms with Crippen molar-refractivity contribution in [3.05, 3.63) is 58.8 Å². The minimum atomic E-state index is 0.165. The van der Waals surface area contributed by atoms with E-state index in [9.17, 15) is 4.79 Å². The van der Waals surface area contributed by atoms with Crippen LogP contribution in [0.15, 0.2) is 46.3 Å². The molecule has 1 aliphatic heterocycles. The van der Waals surface area contributed by atoms with Crippen LogP contribution in [0, 0.1) is 6.92 Å². The van der Waals surface area contributed by atoms with Crippen molar-refractivity contribution >= 4 is 17.2 Å². The number of hydrogen-bond donors (Lipinski definition) is 0. The maximum atomic E-state index is 12.7. The summed E-state index contributed by atoms with van der Waals surface area (Å²) in [6.07, 6.45) is 1.89. The molecule has 1 aliphatic rings. The van der Waals surface area contributed by atoms with Crippen molar-refractivity contribution in [3.63, 3.8) is 0 Å². The van der Waals surface area contributed by atoms with Crippen LogP contribution in [0.4, 0.5) is 0 Å². The van der Waals surface area contributed by atoms with E-state index in [0.29, 0.717) is 24.6 Å². The molecule has 0 aliphatic carbocycles. The van der Waals surface area contributed by atoms with Crippen LogP contribution in [0.1, 0.15) is 29.9 Å². The third-order valence-electron chi connectivity index (χ3n) is 5.36. The molecule has 0 radical (unpaired) electrons. The number of aryl methyl sites for hydroxylation is 2. The van der Waals surface area contributed by atoms with Gasteiger partial charge in [0.25, 0.3) is 0 Å². The molecule has 1 saturated heterocycles. The Kier molecular flexibility index (Phi) is 6.36. The van der Waals surface area contributed by atoms with Gasteiger partial charge in [-0.15, -0.1) is 11.3 Å². The lowest BCUT2D eigenvalue weighted by atomic mass is 10.1. The molecule has 6 nitrogen and oxygen atoms in total. The lowest BCUT2D eigenvalue weighted by molar-refractivity contribution is -0.131. The summed E-state index contributed by atoms with van der Waals surface area (Å²) in [4.78, 5) is 22.5. The number of benzene rings is 1. The van der Waals surface area contributed by atoms with E-state index in [0.717, 1.165) is 44.0 Å². The van der Waals surface area contributed by atoms with E-state index >= 15 is 0 Å². The van der Waals surface area contributed by atoms with Crippen molar-refractivity contribution in [1.29, 1.82) is 0 Å². The van der Waals surface area contributed by atoms with E-state index < -0.39 is 0 Å². The molecule has 0 N–H and O–H groups in total. The van der Waals surface area contributed by atoms with Gasteiger partial charge in [-0.1, -0.05) is 35.5 Å². The molecule has 1 amide bonds. The summed E-state index contributed by atoms with van der Waals surface area (Å²) >= 11 is 1.58. The maximum absolute atomic E-state index is 12.7. The van der Waals surface area contributed by atoms with Crippen LogP contribution in [0.3, 0.4) is 0 Å². The quantitative estimate of drug-likeness (QED) is 0.619. The molecule has 0 bridgehead atoms. The number of carbonyl (C=O) groups excluding carboxylic acids is 1. The van der Waals surface area contributed by atoms with E-state index in [4.69, 9.17) is 4.52 Å². The number of aromatic nitrogens is 2. The van der Waals surface area contributed by atoms with Gasteiger partial charge < -0.3 is 9.42 Å². The highest BCUT2D eigenvalue weighted by Crippen LogP contribution is 2.21. The molecule has 152 valence electrons. The summed E-state index contributed by atoms with van der Waals surface area (Å²) in [5.41, 5.74) is 2.69. The molecule has 1 fully saturated rings. The van der Waals surface area contributed by atoms with E-state index in [-0.39, 0.29) is 5.91 Å². The number of amides is 1. The third kappa shape index (κ3) is 5.10. The van der Waals surface area contributed by atoms with E-state index in [2.05, 4.69) is 46.2 Å². The average molecular weight is 411 g/mol. The normalized spacial score (nSPS) is 15.4. The predicted molar refractivity (Wildman–Crippen MR) is 114 cm³/mol. The number of hydrogen-bond acceptors (Lipinski definition) is 6. The van der Waals surface area contributed by atoms with Gasteiger partial charge in [-0.05, 0) is 35.9 Å². The largest absolute Gasteiger partial charge is 0.341 e. The maximum Gasteiger partial charge on any atom is 0.227 e. The zero-order valence-corrected chi connectivity index (χ0v) is 17.5. The van der Waals surface area contributed by atoms with Crippen molar-refractivity contribution in [3.8, 4) is 10.7 Å². The van der Waals surface area contributed by atoms with Gasteiger partial charge >= 0.3 is 0 Å². The van der Waals surface area contributed by atoms with E-state index in [1.165, 1.54) is 11.1 Å². The summed E-state index contributed by atoms with van der Waals surface area (Å²) in [6, 6.07) is 12.4. The Morgan fingerprint density at radius 3 is 2.86 bits per heavy atom. The molecule has 29 heavy (non-hydrogen) atoms. The highest BCUT2D eigenvalue weighted by Gasteiger charge is 2.20. The van der Waals surface area contributed by atoms with Crippen molar-refractivity contribution in [1.82, 2.24) is 19.9 Å². The van der Waals surface area contributed by atoms with Gasteiger partial charge in [0.1, 0.15) is 0 Å². The Balaban J connectivity index is 1.27. The first-order valence-corrected chi connectivity index (χ1v) is 11.0. The van der Waals surface area contributed by atoms with Crippen LogP contribution in [-0.4, -0.2) is 52.0 Å². The summed E-state index contributed by atoms with van der Waals surface area (Å²) in [5.74, 6) is 1.29. The second kappa shape index (κ2) is 9.33. The fourth-order valence-corrected chi connectivity index (χ4v) is 4.29. The summed E-state index contributed by atoms with van der Waals surface area (Å²) in [7, 11) is 0. The SMILES string of the molecule is Cc1ccccc1CN1CCCN(C(=O)CCc2nc(-c3cccs3)no2)CC1. The predicted octanol–water partition coefficient (Wildman–Crippen LogP) is 3.77. The van der Waals surface area contributed by atoms with Crippen LogP contribution < -0.4 is 0 Å². The van der Waals surface area contributed by atoms with Crippen LogP contribution in [-0.2, 0) is 17.8 Å². The zero-order valence-electron chi connectivity index (χ0n) is 16.7. The topological polar surface area (TPSA) is 62.5 Å². The highest BCUT2D eigenvalue weighted by molar-refractivity contribution is 7.13. The van der Waals surface area contributed by atoms with Crippen LogP contribution in [0.2, 0.25) is 0 Å². The molecule has 0 saturated carbocycles. The van der Waals surface area contributed by atoms with Gasteiger partial charge in [0.2, 0.25) is 17.6 Å². The zero-order chi connectivity index (χ0) is 20.1. The van der Waals surface area contributed by atoms with Crippen molar-refractivity contribution in [2.75, 3.05) is 26.2 Å². The summed E-state index contributed by atoms with van der Waals surface area (Å²) in [5, 5.41) is 6.00. The molecular formula is C22H26N4O2S. The van der Waals surface area contributed by atoms with Crippen LogP contribution in [0.25, 0.3) is 10.7 Å². The first kappa shape index (κ1) is 19.8. The molecule has 0 spiro atoms. The number of thiophene rings is 1. The van der Waals surface area contributed by atoms with E-state index in [1.807, 2.05) is 22.4 Å². The summed E-state index contributed by atoms with van der Waals surface area (Å²) in [6.45, 7) is 6.62. The van der Waals surface area contributed by atoms with Crippen LogP contribution >= 0.6 is 11.3 Å². The third-order valence-corrected chi connectivity index (χ3v) is 6.22. The van der Waals surface area contributed by atoms with Gasteiger partial charge in [0.15, 0.2) is 0 Å². The standard InChI is InChI=1S/C22H26N4O2S/c1-17-6-2-3-7-18(17)16-25-11-5-12-26(14-13-25)21(27)10-9-20-23-22(24-28-20)19-8-4-15-29-19/h2-4,6-8,15H,5,9-14,16H2,1H3. The van der Waals surface area contributed by atoms with E-state index in [1.54, 1.807) is 11.3 Å². The molecule has 4 rings (SSSR count). The Hall–Kier alpha value is -2.51. The lowest BCUT2D eigenvalue weighted by Crippen LogP contribution is -2.35. The molecule has 3 aromatic rings. The Morgan fingerprint density at radius 2 is 2.03 bits per heavy atom. The smallest absolute Gasteiger partial charge is 0.227 e. The first-order valence-electron chi connectivity index (χ1n) is 10.1. The second-order valence-corrected chi connectivity index (χ2v) is 8.37. The minimum Gasteiger partial charge on any atom is -0.341 e. The molecule has 0 atom stereocenters. The molecule has 0 unspecified atom stereocenters. The van der Waals surface area contributed by atoms with Gasteiger partial charge in [0, 0.05) is 45.6 Å². The number of carbonyl (C=O) groups is 1. The minimum absolute atomic E-state index is 0.165. The van der Waals surface area contributed by atoms with Gasteiger partial charge in [-0.3, -0.25) is 9.69 Å². The van der Waals surface area contributed by atoms with Crippen molar-refractivity contribution in [2.45, 2.75) is 32.7 Å². The fraction of sp³-hybridized carbons (Fsp3) is 0.409. The molecule has 2 aromatic heterocycles. The molecule has 7 heteroatoms. The van der Waals surface area contributed by atoms with Gasteiger partial charge in [0.05, 0.1) is 4.88 Å². The summed E-state index contributed by atoms with van der Waals surface area (Å²) < 4.78 is 5.31. The van der Waals surface area contributed by atoms with Crippen molar-refractivity contribution in [2.24, 2.45) is 0 Å². The van der Waals surface area contributed by atoms with Gasteiger partial charge in [-0.2, -0.15) is 4.98 Å².